The molecule has 1 fully saturated rings. The average Bonchev–Trinajstić information content (AvgIpc) is 2.03. The molecule has 76 valence electrons. The fourth-order valence-electron chi connectivity index (χ4n) is 1.74. The SMILES string of the molecule is NS(=O)(=O)CC(=O)C1CCCCC1. The summed E-state index contributed by atoms with van der Waals surface area (Å²) in [6.45, 7) is 0. The van der Waals surface area contributed by atoms with Crippen molar-refractivity contribution in [3.8, 4) is 0 Å². The molecule has 0 unspecified atom stereocenters. The van der Waals surface area contributed by atoms with E-state index < -0.39 is 15.8 Å². The van der Waals surface area contributed by atoms with Crippen LogP contribution in [0.1, 0.15) is 32.1 Å². The molecule has 0 aromatic heterocycles. The largest absolute Gasteiger partial charge is 0.298 e. The normalized spacial score (nSPS) is 20.1. The van der Waals surface area contributed by atoms with Crippen LogP contribution in [0.5, 0.6) is 0 Å². The van der Waals surface area contributed by atoms with Gasteiger partial charge in [-0.05, 0) is 12.8 Å². The first kappa shape index (κ1) is 10.7. The van der Waals surface area contributed by atoms with Crippen LogP contribution in [-0.4, -0.2) is 20.0 Å². The molecule has 0 aliphatic heterocycles. The Bertz CT molecular complexity index is 278. The minimum atomic E-state index is -3.62. The van der Waals surface area contributed by atoms with Crippen molar-refractivity contribution in [2.45, 2.75) is 32.1 Å². The molecule has 4 nitrogen and oxygen atoms in total. The van der Waals surface area contributed by atoms with Crippen LogP contribution in [-0.2, 0) is 14.8 Å². The zero-order valence-electron chi connectivity index (χ0n) is 7.53. The van der Waals surface area contributed by atoms with E-state index in [1.54, 1.807) is 0 Å². The van der Waals surface area contributed by atoms with E-state index in [1.807, 2.05) is 0 Å². The predicted octanol–water partition coefficient (Wildman–Crippen LogP) is 0.424. The van der Waals surface area contributed by atoms with Gasteiger partial charge in [-0.25, -0.2) is 13.6 Å². The Morgan fingerprint density at radius 2 is 1.77 bits per heavy atom. The molecule has 0 bridgehead atoms. The van der Waals surface area contributed by atoms with Crippen LogP contribution in [0.25, 0.3) is 0 Å². The summed E-state index contributed by atoms with van der Waals surface area (Å²) in [5.74, 6) is -0.758. The van der Waals surface area contributed by atoms with E-state index in [0.717, 1.165) is 32.1 Å². The van der Waals surface area contributed by atoms with Gasteiger partial charge in [0.25, 0.3) is 0 Å². The second-order valence-corrected chi connectivity index (χ2v) is 5.22. The molecule has 0 saturated heterocycles. The minimum Gasteiger partial charge on any atom is -0.298 e. The van der Waals surface area contributed by atoms with Crippen molar-refractivity contribution in [3.05, 3.63) is 0 Å². The summed E-state index contributed by atoms with van der Waals surface area (Å²) in [7, 11) is -3.62. The quantitative estimate of drug-likeness (QED) is 0.725. The van der Waals surface area contributed by atoms with Gasteiger partial charge in [0.2, 0.25) is 10.0 Å². The molecule has 13 heavy (non-hydrogen) atoms. The molecule has 1 rings (SSSR count). The third kappa shape index (κ3) is 3.87. The first-order chi connectivity index (χ1) is 5.99. The fraction of sp³-hybridized carbons (Fsp3) is 0.875. The second kappa shape index (κ2) is 4.19. The monoisotopic (exact) mass is 205 g/mol. The number of ketones is 1. The second-order valence-electron chi connectivity index (χ2n) is 3.61. The Morgan fingerprint density at radius 3 is 2.23 bits per heavy atom. The summed E-state index contributed by atoms with van der Waals surface area (Å²) >= 11 is 0. The van der Waals surface area contributed by atoms with Crippen molar-refractivity contribution in [2.75, 3.05) is 5.75 Å². The maximum absolute atomic E-state index is 11.4. The molecule has 5 heteroatoms. The Hall–Kier alpha value is -0.420. The lowest BCUT2D eigenvalue weighted by molar-refractivity contribution is -0.121. The molecule has 0 spiro atoms. The number of primary sulfonamides is 1. The number of hydrogen-bond donors (Lipinski definition) is 1. The van der Waals surface area contributed by atoms with Gasteiger partial charge in [-0.1, -0.05) is 19.3 Å². The number of Topliss-reactive ketones (excluding diaryl/α,β-unsaturated/α-hetero) is 1. The molecule has 2 N–H and O–H groups in total. The van der Waals surface area contributed by atoms with Crippen LogP contribution in [0.3, 0.4) is 0 Å². The van der Waals surface area contributed by atoms with Gasteiger partial charge in [-0.3, -0.25) is 4.79 Å². The van der Waals surface area contributed by atoms with Gasteiger partial charge >= 0.3 is 0 Å². The van der Waals surface area contributed by atoms with E-state index in [4.69, 9.17) is 5.14 Å². The highest BCUT2D eigenvalue weighted by Gasteiger charge is 2.23. The molecule has 1 aliphatic rings. The van der Waals surface area contributed by atoms with E-state index >= 15 is 0 Å². The summed E-state index contributed by atoms with van der Waals surface area (Å²) in [6.07, 6.45) is 4.86. The minimum absolute atomic E-state index is 0.0629. The van der Waals surface area contributed by atoms with E-state index in [0.29, 0.717) is 0 Å². The average molecular weight is 205 g/mol. The maximum Gasteiger partial charge on any atom is 0.216 e. The molecule has 0 aromatic carbocycles. The van der Waals surface area contributed by atoms with Gasteiger partial charge in [0.15, 0.2) is 5.78 Å². The predicted molar refractivity (Wildman–Crippen MR) is 49.6 cm³/mol. The number of hydrogen-bond acceptors (Lipinski definition) is 3. The Kier molecular flexibility index (Phi) is 3.44. The number of sulfonamides is 1. The summed E-state index contributed by atoms with van der Waals surface area (Å²) in [4.78, 5) is 11.4. The lowest BCUT2D eigenvalue weighted by Crippen LogP contribution is -2.29. The topological polar surface area (TPSA) is 77.2 Å². The summed E-state index contributed by atoms with van der Waals surface area (Å²) in [5, 5.41) is 4.79. The molecule has 1 saturated carbocycles. The summed E-state index contributed by atoms with van der Waals surface area (Å²) in [5.41, 5.74) is 0. The molecule has 0 aromatic rings. The lowest BCUT2D eigenvalue weighted by atomic mass is 9.87. The molecular formula is C8H15NO3S. The van der Waals surface area contributed by atoms with Crippen LogP contribution in [0.2, 0.25) is 0 Å². The molecule has 0 heterocycles. The third-order valence-electron chi connectivity index (χ3n) is 2.40. The van der Waals surface area contributed by atoms with E-state index in [-0.39, 0.29) is 11.7 Å². The zero-order chi connectivity index (χ0) is 9.90. The van der Waals surface area contributed by atoms with Gasteiger partial charge < -0.3 is 0 Å². The van der Waals surface area contributed by atoms with Gasteiger partial charge in [0, 0.05) is 5.92 Å². The first-order valence-corrected chi connectivity index (χ1v) is 6.24. The smallest absolute Gasteiger partial charge is 0.216 e. The highest BCUT2D eigenvalue weighted by Crippen LogP contribution is 2.24. The molecule has 0 atom stereocenters. The molecule has 1 aliphatic carbocycles. The van der Waals surface area contributed by atoms with E-state index in [9.17, 15) is 13.2 Å². The van der Waals surface area contributed by atoms with Crippen LogP contribution in [0.4, 0.5) is 0 Å². The third-order valence-corrected chi connectivity index (χ3v) is 3.09. The molecular weight excluding hydrogens is 190 g/mol. The lowest BCUT2D eigenvalue weighted by Gasteiger charge is -2.19. The number of carbonyl (C=O) groups excluding carboxylic acids is 1. The summed E-state index contributed by atoms with van der Waals surface area (Å²) < 4.78 is 21.3. The van der Waals surface area contributed by atoms with Crippen LogP contribution < -0.4 is 5.14 Å². The van der Waals surface area contributed by atoms with Gasteiger partial charge in [-0.2, -0.15) is 0 Å². The van der Waals surface area contributed by atoms with E-state index in [2.05, 4.69) is 0 Å². The van der Waals surface area contributed by atoms with Crippen molar-refractivity contribution in [3.63, 3.8) is 0 Å². The number of rotatable bonds is 3. The van der Waals surface area contributed by atoms with Crippen molar-refractivity contribution in [1.82, 2.24) is 0 Å². The number of nitrogens with two attached hydrogens (primary N) is 1. The van der Waals surface area contributed by atoms with Gasteiger partial charge in [0.1, 0.15) is 5.75 Å². The van der Waals surface area contributed by atoms with Crippen molar-refractivity contribution in [1.29, 1.82) is 0 Å². The first-order valence-electron chi connectivity index (χ1n) is 4.52. The Labute approximate surface area is 78.6 Å². The summed E-state index contributed by atoms with van der Waals surface area (Å²) in [6, 6.07) is 0. The van der Waals surface area contributed by atoms with Crippen LogP contribution >= 0.6 is 0 Å². The standard InChI is InChI=1S/C8H15NO3S/c9-13(11,12)6-8(10)7-4-2-1-3-5-7/h7H,1-6H2,(H2,9,11,12). The molecule has 0 amide bonds. The van der Waals surface area contributed by atoms with Crippen molar-refractivity contribution >= 4 is 15.8 Å². The maximum atomic E-state index is 11.4. The van der Waals surface area contributed by atoms with Crippen LogP contribution in [0.15, 0.2) is 0 Å². The van der Waals surface area contributed by atoms with Gasteiger partial charge in [0.05, 0.1) is 0 Å². The van der Waals surface area contributed by atoms with Crippen LogP contribution in [0, 0.1) is 5.92 Å². The highest BCUT2D eigenvalue weighted by atomic mass is 32.2. The van der Waals surface area contributed by atoms with E-state index in [1.165, 1.54) is 0 Å². The number of carbonyl (C=O) groups is 1. The Balaban J connectivity index is 2.47. The fourth-order valence-corrected chi connectivity index (χ4v) is 2.37. The van der Waals surface area contributed by atoms with Crippen molar-refractivity contribution < 1.29 is 13.2 Å². The van der Waals surface area contributed by atoms with Crippen molar-refractivity contribution in [2.24, 2.45) is 11.1 Å². The van der Waals surface area contributed by atoms with Gasteiger partial charge in [-0.15, -0.1) is 0 Å². The highest BCUT2D eigenvalue weighted by molar-refractivity contribution is 7.89. The zero-order valence-corrected chi connectivity index (χ0v) is 8.35. The molecule has 0 radical (unpaired) electrons. The Morgan fingerprint density at radius 1 is 1.23 bits per heavy atom.